The minimum Gasteiger partial charge on any atom is -0.480 e. The summed E-state index contributed by atoms with van der Waals surface area (Å²) >= 11 is 0. The van der Waals surface area contributed by atoms with Crippen molar-refractivity contribution in [3.8, 4) is 0 Å². The van der Waals surface area contributed by atoms with Gasteiger partial charge >= 0.3 is 18.0 Å². The number of carboxylic acids is 1. The first-order chi connectivity index (χ1) is 9.02. The predicted octanol–water partition coefficient (Wildman–Crippen LogP) is 1.06. The lowest BCUT2D eigenvalue weighted by molar-refractivity contribution is -0.142. The summed E-state index contributed by atoms with van der Waals surface area (Å²) in [6.07, 6.45) is 2.68. The number of carboxylic acid groups (broad SMARTS) is 1. The number of esters is 1. The topological polar surface area (TPSA) is 102 Å². The highest BCUT2D eigenvalue weighted by atomic mass is 16.6. The quantitative estimate of drug-likeness (QED) is 0.702. The molecule has 1 saturated carbocycles. The number of carbonyl (C=O) groups excluding carboxylic acids is 2. The Kier molecular flexibility index (Phi) is 6.11. The number of amides is 1. The molecular weight excluding hydrogens is 254 g/mol. The smallest absolute Gasteiger partial charge is 0.408 e. The molecule has 1 aliphatic rings. The summed E-state index contributed by atoms with van der Waals surface area (Å²) < 4.78 is 9.51. The highest BCUT2D eigenvalue weighted by molar-refractivity contribution is 5.80. The molecule has 108 valence electrons. The Bertz CT molecular complexity index is 337. The van der Waals surface area contributed by atoms with Crippen LogP contribution >= 0.6 is 0 Å². The second kappa shape index (κ2) is 7.60. The highest BCUT2D eigenvalue weighted by Crippen LogP contribution is 2.20. The second-order valence-corrected chi connectivity index (χ2v) is 4.46. The first kappa shape index (κ1) is 15.3. The number of rotatable bonds is 6. The molecule has 0 heterocycles. The maximum Gasteiger partial charge on any atom is 0.408 e. The van der Waals surface area contributed by atoms with Crippen molar-refractivity contribution >= 4 is 18.0 Å². The molecule has 0 bridgehead atoms. The van der Waals surface area contributed by atoms with Crippen LogP contribution < -0.4 is 5.32 Å². The molecule has 7 heteroatoms. The number of hydrogen-bond donors (Lipinski definition) is 2. The first-order valence-electron chi connectivity index (χ1n) is 6.29. The van der Waals surface area contributed by atoms with Gasteiger partial charge in [-0.15, -0.1) is 0 Å². The third kappa shape index (κ3) is 5.58. The van der Waals surface area contributed by atoms with Crippen LogP contribution in [0.5, 0.6) is 0 Å². The van der Waals surface area contributed by atoms with Crippen molar-refractivity contribution in [2.24, 2.45) is 0 Å². The number of hydrogen-bond acceptors (Lipinski definition) is 5. The number of methoxy groups -OCH3 is 1. The molecule has 0 radical (unpaired) electrons. The summed E-state index contributed by atoms with van der Waals surface area (Å²) in [6, 6.07) is -1.15. The Morgan fingerprint density at radius 3 is 2.47 bits per heavy atom. The van der Waals surface area contributed by atoms with E-state index in [4.69, 9.17) is 9.84 Å². The van der Waals surface area contributed by atoms with Crippen molar-refractivity contribution in [2.75, 3.05) is 7.11 Å². The summed E-state index contributed by atoms with van der Waals surface area (Å²) in [4.78, 5) is 33.4. The van der Waals surface area contributed by atoms with E-state index in [0.717, 1.165) is 25.7 Å². The van der Waals surface area contributed by atoms with Gasteiger partial charge in [0, 0.05) is 6.42 Å². The molecule has 0 aromatic heterocycles. The fourth-order valence-electron chi connectivity index (χ4n) is 1.96. The molecule has 0 aliphatic heterocycles. The first-order valence-corrected chi connectivity index (χ1v) is 6.29. The number of aliphatic carboxylic acids is 1. The summed E-state index contributed by atoms with van der Waals surface area (Å²) in [5.74, 6) is -1.72. The van der Waals surface area contributed by atoms with Gasteiger partial charge in [-0.3, -0.25) is 4.79 Å². The third-order valence-electron chi connectivity index (χ3n) is 3.03. The van der Waals surface area contributed by atoms with Crippen molar-refractivity contribution in [3.05, 3.63) is 0 Å². The molecule has 1 amide bonds. The average molecular weight is 273 g/mol. The Balaban J connectivity index is 2.36. The van der Waals surface area contributed by atoms with E-state index in [1.807, 2.05) is 0 Å². The summed E-state index contributed by atoms with van der Waals surface area (Å²) in [5.41, 5.74) is 0. The summed E-state index contributed by atoms with van der Waals surface area (Å²) in [6.45, 7) is 0. The van der Waals surface area contributed by atoms with Crippen molar-refractivity contribution in [1.82, 2.24) is 5.32 Å². The molecule has 0 spiro atoms. The van der Waals surface area contributed by atoms with Crippen LogP contribution in [0.4, 0.5) is 4.79 Å². The molecule has 7 nitrogen and oxygen atoms in total. The molecule has 0 aromatic carbocycles. The molecule has 1 atom stereocenters. The molecule has 0 aromatic rings. The average Bonchev–Trinajstić information content (AvgIpc) is 2.86. The van der Waals surface area contributed by atoms with Crippen molar-refractivity contribution < 1.29 is 29.0 Å². The maximum atomic E-state index is 11.5. The van der Waals surface area contributed by atoms with Crippen molar-refractivity contribution in [1.29, 1.82) is 0 Å². The monoisotopic (exact) mass is 273 g/mol. The van der Waals surface area contributed by atoms with Crippen LogP contribution in [0.15, 0.2) is 0 Å². The zero-order valence-corrected chi connectivity index (χ0v) is 10.9. The molecule has 2 N–H and O–H groups in total. The molecular formula is C12H19NO6. The van der Waals surface area contributed by atoms with Gasteiger partial charge in [-0.25, -0.2) is 9.59 Å². The van der Waals surface area contributed by atoms with Gasteiger partial charge in [0.2, 0.25) is 0 Å². The van der Waals surface area contributed by atoms with E-state index in [9.17, 15) is 14.4 Å². The van der Waals surface area contributed by atoms with Crippen LogP contribution in [0.25, 0.3) is 0 Å². The molecule has 1 rings (SSSR count). The summed E-state index contributed by atoms with van der Waals surface area (Å²) in [7, 11) is 1.22. The van der Waals surface area contributed by atoms with Gasteiger partial charge in [-0.1, -0.05) is 0 Å². The number of nitrogens with one attached hydrogen (secondary N) is 1. The lowest BCUT2D eigenvalue weighted by Crippen LogP contribution is -2.42. The van der Waals surface area contributed by atoms with Crippen molar-refractivity contribution in [3.63, 3.8) is 0 Å². The predicted molar refractivity (Wildman–Crippen MR) is 64.5 cm³/mol. The van der Waals surface area contributed by atoms with Gasteiger partial charge in [0.05, 0.1) is 7.11 Å². The van der Waals surface area contributed by atoms with E-state index in [1.54, 1.807) is 0 Å². The molecule has 1 fully saturated rings. The fraction of sp³-hybridized carbons (Fsp3) is 0.750. The minimum atomic E-state index is -1.20. The van der Waals surface area contributed by atoms with E-state index in [0.29, 0.717) is 0 Å². The van der Waals surface area contributed by atoms with Crippen LogP contribution in [-0.4, -0.2) is 42.4 Å². The van der Waals surface area contributed by atoms with Crippen LogP contribution in [0.2, 0.25) is 0 Å². The number of carbonyl (C=O) groups is 3. The van der Waals surface area contributed by atoms with Gasteiger partial charge in [0.25, 0.3) is 0 Å². The highest BCUT2D eigenvalue weighted by Gasteiger charge is 2.24. The van der Waals surface area contributed by atoms with E-state index in [1.165, 1.54) is 7.11 Å². The standard InChI is InChI=1S/C12H19NO6/c1-18-10(14)7-6-9(11(15)16)13-12(17)19-8-4-2-3-5-8/h8-9H,2-7H2,1H3,(H,13,17)(H,15,16)/t9-/m1/s1. The maximum absolute atomic E-state index is 11.5. The Hall–Kier alpha value is -1.79. The van der Waals surface area contributed by atoms with E-state index < -0.39 is 24.1 Å². The zero-order chi connectivity index (χ0) is 14.3. The van der Waals surface area contributed by atoms with E-state index in [-0.39, 0.29) is 18.9 Å². The van der Waals surface area contributed by atoms with Gasteiger partial charge in [0.1, 0.15) is 12.1 Å². The zero-order valence-electron chi connectivity index (χ0n) is 10.9. The Labute approximate surface area is 111 Å². The molecule has 19 heavy (non-hydrogen) atoms. The third-order valence-corrected chi connectivity index (χ3v) is 3.03. The molecule has 1 aliphatic carbocycles. The van der Waals surface area contributed by atoms with Crippen LogP contribution in [0.1, 0.15) is 38.5 Å². The fourth-order valence-corrected chi connectivity index (χ4v) is 1.96. The Morgan fingerprint density at radius 1 is 1.32 bits per heavy atom. The van der Waals surface area contributed by atoms with Crippen molar-refractivity contribution in [2.45, 2.75) is 50.7 Å². The van der Waals surface area contributed by atoms with Gasteiger partial charge in [-0.05, 0) is 32.1 Å². The van der Waals surface area contributed by atoms with E-state index >= 15 is 0 Å². The van der Waals surface area contributed by atoms with Gasteiger partial charge in [0.15, 0.2) is 0 Å². The molecule has 0 saturated heterocycles. The normalized spacial score (nSPS) is 16.7. The minimum absolute atomic E-state index is 0.0260. The largest absolute Gasteiger partial charge is 0.480 e. The van der Waals surface area contributed by atoms with Gasteiger partial charge in [-0.2, -0.15) is 0 Å². The number of alkyl carbamates (subject to hydrolysis) is 1. The second-order valence-electron chi connectivity index (χ2n) is 4.46. The van der Waals surface area contributed by atoms with Gasteiger partial charge < -0.3 is 19.9 Å². The summed E-state index contributed by atoms with van der Waals surface area (Å²) in [5, 5.41) is 11.2. The molecule has 0 unspecified atom stereocenters. The SMILES string of the molecule is COC(=O)CC[C@@H](NC(=O)OC1CCCC1)C(=O)O. The van der Waals surface area contributed by atoms with Crippen LogP contribution in [0.3, 0.4) is 0 Å². The van der Waals surface area contributed by atoms with Crippen LogP contribution in [-0.2, 0) is 19.1 Å². The lowest BCUT2D eigenvalue weighted by Gasteiger charge is -2.16. The van der Waals surface area contributed by atoms with Crippen LogP contribution in [0, 0.1) is 0 Å². The number of ether oxygens (including phenoxy) is 2. The lowest BCUT2D eigenvalue weighted by atomic mass is 10.1. The Morgan fingerprint density at radius 2 is 1.95 bits per heavy atom. The van der Waals surface area contributed by atoms with E-state index in [2.05, 4.69) is 10.1 Å².